The number of carbonyl (C=O) groups is 2. The smallest absolute Gasteiger partial charge is 0.325 e. The Balaban J connectivity index is 1.67. The van der Waals surface area contributed by atoms with Crippen LogP contribution in [0, 0.1) is 11.8 Å². The van der Waals surface area contributed by atoms with Gasteiger partial charge in [-0.15, -0.1) is 0 Å². The van der Waals surface area contributed by atoms with E-state index in [9.17, 15) is 9.59 Å². The van der Waals surface area contributed by atoms with Crippen LogP contribution in [0.1, 0.15) is 40.0 Å². The van der Waals surface area contributed by atoms with Crippen molar-refractivity contribution in [3.8, 4) is 0 Å². The molecule has 0 saturated carbocycles. The molecule has 3 aliphatic heterocycles. The Morgan fingerprint density at radius 3 is 2.74 bits per heavy atom. The van der Waals surface area contributed by atoms with E-state index in [1.165, 1.54) is 4.90 Å². The maximum absolute atomic E-state index is 12.8. The number of rotatable bonds is 4. The van der Waals surface area contributed by atoms with Crippen LogP contribution in [0.25, 0.3) is 0 Å². The van der Waals surface area contributed by atoms with Gasteiger partial charge in [0.1, 0.15) is 5.54 Å². The molecule has 6 heteroatoms. The molecule has 3 amide bonds. The topological polar surface area (TPSA) is 61.9 Å². The van der Waals surface area contributed by atoms with Crippen LogP contribution in [0.2, 0.25) is 0 Å². The normalized spacial score (nSPS) is 36.1. The van der Waals surface area contributed by atoms with Crippen LogP contribution in [0.3, 0.4) is 0 Å². The lowest BCUT2D eigenvalue weighted by Crippen LogP contribution is -2.56. The summed E-state index contributed by atoms with van der Waals surface area (Å²) in [5.41, 5.74) is -0.758. The van der Waals surface area contributed by atoms with Crippen LogP contribution in [-0.4, -0.2) is 66.2 Å². The van der Waals surface area contributed by atoms with Gasteiger partial charge in [-0.25, -0.2) is 4.79 Å². The zero-order valence-electron chi connectivity index (χ0n) is 14.5. The van der Waals surface area contributed by atoms with Crippen LogP contribution >= 0.6 is 0 Å². The summed E-state index contributed by atoms with van der Waals surface area (Å²) in [6, 6.07) is -0.339. The molecular formula is C17H29N3O3. The predicted octanol–water partition coefficient (Wildman–Crippen LogP) is 1.45. The average Bonchev–Trinajstić information content (AvgIpc) is 3.07. The van der Waals surface area contributed by atoms with E-state index in [1.54, 1.807) is 0 Å². The summed E-state index contributed by atoms with van der Waals surface area (Å²) in [5, 5.41) is 2.98. The standard InChI is InChI=1S/C17H29N3O3/c1-12(2)20-15(21)17(3,18-16(20)22)14-5-4-7-19(10-14)9-13-6-8-23-11-13/h12-14H,4-11H2,1-3H3,(H,18,22)/t13-,14-,17+/m0/s1. The third-order valence-electron chi connectivity index (χ3n) is 5.63. The summed E-state index contributed by atoms with van der Waals surface area (Å²) in [6.07, 6.45) is 3.21. The molecule has 0 aromatic rings. The maximum atomic E-state index is 12.8. The second-order valence-electron chi connectivity index (χ2n) is 7.73. The Labute approximate surface area is 138 Å². The molecule has 3 saturated heterocycles. The van der Waals surface area contributed by atoms with Crippen molar-refractivity contribution in [2.75, 3.05) is 32.8 Å². The summed E-state index contributed by atoms with van der Waals surface area (Å²) in [6.45, 7) is 10.4. The first-order valence-electron chi connectivity index (χ1n) is 8.87. The number of carbonyl (C=O) groups excluding carboxylic acids is 2. The molecule has 0 spiro atoms. The second kappa shape index (κ2) is 6.40. The summed E-state index contributed by atoms with van der Waals surface area (Å²) in [7, 11) is 0. The van der Waals surface area contributed by atoms with Crippen LogP contribution in [0.5, 0.6) is 0 Å². The number of hydrogen-bond donors (Lipinski definition) is 1. The number of imide groups is 1. The van der Waals surface area contributed by atoms with Gasteiger partial charge in [0.15, 0.2) is 0 Å². The van der Waals surface area contributed by atoms with Crippen molar-refractivity contribution < 1.29 is 14.3 Å². The van der Waals surface area contributed by atoms with E-state index in [2.05, 4.69) is 10.2 Å². The second-order valence-corrected chi connectivity index (χ2v) is 7.73. The molecule has 6 nitrogen and oxygen atoms in total. The number of likely N-dealkylation sites (tertiary alicyclic amines) is 1. The third-order valence-corrected chi connectivity index (χ3v) is 5.63. The van der Waals surface area contributed by atoms with Gasteiger partial charge in [0.25, 0.3) is 5.91 Å². The molecule has 3 atom stereocenters. The Morgan fingerprint density at radius 2 is 2.13 bits per heavy atom. The van der Waals surface area contributed by atoms with Gasteiger partial charge in [0.2, 0.25) is 0 Å². The summed E-state index contributed by atoms with van der Waals surface area (Å²) in [4.78, 5) is 28.9. The summed E-state index contributed by atoms with van der Waals surface area (Å²) < 4.78 is 5.47. The van der Waals surface area contributed by atoms with Crippen molar-refractivity contribution >= 4 is 11.9 Å². The van der Waals surface area contributed by atoms with Gasteiger partial charge in [-0.3, -0.25) is 9.69 Å². The number of ether oxygens (including phenoxy) is 1. The molecule has 3 rings (SSSR count). The van der Waals surface area contributed by atoms with E-state index in [-0.39, 0.29) is 23.9 Å². The molecule has 3 heterocycles. The van der Waals surface area contributed by atoms with Gasteiger partial charge in [0.05, 0.1) is 6.61 Å². The molecule has 0 aliphatic carbocycles. The molecule has 130 valence electrons. The van der Waals surface area contributed by atoms with Gasteiger partial charge in [-0.1, -0.05) is 0 Å². The molecule has 0 aromatic carbocycles. The maximum Gasteiger partial charge on any atom is 0.325 e. The number of amides is 3. The molecule has 0 bridgehead atoms. The lowest BCUT2D eigenvalue weighted by Gasteiger charge is -2.40. The number of nitrogens with one attached hydrogen (secondary N) is 1. The fourth-order valence-corrected chi connectivity index (χ4v) is 4.21. The quantitative estimate of drug-likeness (QED) is 0.796. The molecule has 23 heavy (non-hydrogen) atoms. The minimum absolute atomic E-state index is 0.0615. The van der Waals surface area contributed by atoms with E-state index in [0.717, 1.165) is 52.1 Å². The van der Waals surface area contributed by atoms with Gasteiger partial charge in [-0.2, -0.15) is 0 Å². The Morgan fingerprint density at radius 1 is 1.35 bits per heavy atom. The number of urea groups is 1. The van der Waals surface area contributed by atoms with Crippen molar-refractivity contribution in [3.63, 3.8) is 0 Å². The van der Waals surface area contributed by atoms with E-state index < -0.39 is 5.54 Å². The van der Waals surface area contributed by atoms with Gasteiger partial charge in [-0.05, 0) is 52.5 Å². The Bertz CT molecular complexity index is 476. The molecule has 0 unspecified atom stereocenters. The molecule has 3 fully saturated rings. The lowest BCUT2D eigenvalue weighted by atomic mass is 9.79. The van der Waals surface area contributed by atoms with Crippen molar-refractivity contribution in [2.45, 2.75) is 51.6 Å². The first kappa shape index (κ1) is 16.7. The Kier molecular flexibility index (Phi) is 4.65. The van der Waals surface area contributed by atoms with E-state index in [0.29, 0.717) is 5.92 Å². The zero-order valence-corrected chi connectivity index (χ0v) is 14.5. The highest BCUT2D eigenvalue weighted by molar-refractivity contribution is 6.07. The lowest BCUT2D eigenvalue weighted by molar-refractivity contribution is -0.134. The van der Waals surface area contributed by atoms with E-state index in [4.69, 9.17) is 4.74 Å². The monoisotopic (exact) mass is 323 g/mol. The molecule has 0 radical (unpaired) electrons. The third kappa shape index (κ3) is 3.11. The van der Waals surface area contributed by atoms with Gasteiger partial charge < -0.3 is 15.0 Å². The number of hydrogen-bond acceptors (Lipinski definition) is 4. The van der Waals surface area contributed by atoms with Crippen LogP contribution < -0.4 is 5.32 Å². The van der Waals surface area contributed by atoms with Gasteiger partial charge >= 0.3 is 6.03 Å². The van der Waals surface area contributed by atoms with Crippen LogP contribution in [-0.2, 0) is 9.53 Å². The first-order chi connectivity index (χ1) is 10.9. The number of nitrogens with zero attached hydrogens (tertiary/aromatic N) is 2. The van der Waals surface area contributed by atoms with Crippen molar-refractivity contribution in [3.05, 3.63) is 0 Å². The average molecular weight is 323 g/mol. The highest BCUT2D eigenvalue weighted by Gasteiger charge is 2.53. The largest absolute Gasteiger partial charge is 0.381 e. The molecule has 1 N–H and O–H groups in total. The summed E-state index contributed by atoms with van der Waals surface area (Å²) >= 11 is 0. The van der Waals surface area contributed by atoms with E-state index in [1.807, 2.05) is 20.8 Å². The van der Waals surface area contributed by atoms with Crippen LogP contribution in [0.15, 0.2) is 0 Å². The first-order valence-corrected chi connectivity index (χ1v) is 8.87. The zero-order chi connectivity index (χ0) is 16.6. The summed E-state index contributed by atoms with van der Waals surface area (Å²) in [5.74, 6) is 0.731. The van der Waals surface area contributed by atoms with Gasteiger partial charge in [0, 0.05) is 31.7 Å². The minimum Gasteiger partial charge on any atom is -0.381 e. The highest BCUT2D eigenvalue weighted by atomic mass is 16.5. The predicted molar refractivity (Wildman–Crippen MR) is 87.0 cm³/mol. The highest BCUT2D eigenvalue weighted by Crippen LogP contribution is 2.33. The molecule has 0 aromatic heterocycles. The Hall–Kier alpha value is -1.14. The molecule has 3 aliphatic rings. The fraction of sp³-hybridized carbons (Fsp3) is 0.882. The molecular weight excluding hydrogens is 294 g/mol. The van der Waals surface area contributed by atoms with Crippen molar-refractivity contribution in [1.82, 2.24) is 15.1 Å². The minimum atomic E-state index is -0.758. The fourth-order valence-electron chi connectivity index (χ4n) is 4.21. The van der Waals surface area contributed by atoms with Crippen LogP contribution in [0.4, 0.5) is 4.79 Å². The van der Waals surface area contributed by atoms with E-state index >= 15 is 0 Å². The van der Waals surface area contributed by atoms with Crippen molar-refractivity contribution in [1.29, 1.82) is 0 Å². The number of piperidine rings is 1. The van der Waals surface area contributed by atoms with Crippen molar-refractivity contribution in [2.24, 2.45) is 11.8 Å². The SMILES string of the molecule is CC(C)N1C(=O)N[C@](C)([C@H]2CCCN(C[C@@H]3CCOC3)C2)C1=O.